The molecular weight excluding hydrogens is 266 g/mol. The van der Waals surface area contributed by atoms with E-state index in [1.54, 1.807) is 6.08 Å². The van der Waals surface area contributed by atoms with Crippen LogP contribution in [0, 0.1) is 5.92 Å². The average molecular weight is 297 g/mol. The summed E-state index contributed by atoms with van der Waals surface area (Å²) >= 11 is 0. The van der Waals surface area contributed by atoms with Gasteiger partial charge in [-0.2, -0.15) is 0 Å². The Morgan fingerprint density at radius 1 is 1.38 bits per heavy atom. The second kappa shape index (κ2) is 8.42. The van der Waals surface area contributed by atoms with Gasteiger partial charge in [-0.3, -0.25) is 0 Å². The van der Waals surface area contributed by atoms with E-state index in [0.717, 1.165) is 12.8 Å². The topological polar surface area (TPSA) is 58.6 Å². The Bertz CT molecular complexity index is 329. The minimum atomic E-state index is -0.499. The molecule has 0 aromatic rings. The van der Waals surface area contributed by atoms with E-state index in [9.17, 15) is 9.90 Å². The van der Waals surface area contributed by atoms with E-state index in [0.29, 0.717) is 18.8 Å². The number of ether oxygens (including phenoxy) is 1. The molecule has 4 heteroatoms. The zero-order chi connectivity index (χ0) is 15.9. The van der Waals surface area contributed by atoms with E-state index >= 15 is 0 Å². The number of alkyl carbamates (subject to hydrolysis) is 1. The third-order valence-electron chi connectivity index (χ3n) is 3.89. The summed E-state index contributed by atoms with van der Waals surface area (Å²) in [6.07, 6.45) is 7.90. The second-order valence-corrected chi connectivity index (χ2v) is 7.06. The third kappa shape index (κ3) is 7.51. The van der Waals surface area contributed by atoms with E-state index < -0.39 is 11.7 Å². The molecule has 4 nitrogen and oxygen atoms in total. The summed E-state index contributed by atoms with van der Waals surface area (Å²) < 4.78 is 5.35. The zero-order valence-corrected chi connectivity index (χ0v) is 13.7. The Kier molecular flexibility index (Phi) is 7.23. The molecule has 0 aromatic heterocycles. The average Bonchev–Trinajstić information content (AvgIpc) is 2.37. The number of aliphatic hydroxyl groups excluding tert-OH is 1. The molecule has 0 bridgehead atoms. The second-order valence-electron chi connectivity index (χ2n) is 7.06. The predicted octanol–water partition coefficient (Wildman–Crippen LogP) is 3.79. The molecule has 1 aliphatic rings. The fraction of sp³-hybridized carbons (Fsp3) is 0.824. The van der Waals surface area contributed by atoms with Gasteiger partial charge in [-0.1, -0.05) is 25.3 Å². The van der Waals surface area contributed by atoms with Gasteiger partial charge in [-0.25, -0.2) is 4.79 Å². The minimum Gasteiger partial charge on any atom is -0.444 e. The molecule has 0 aromatic carbocycles. The number of carbonyl (C=O) groups excluding carboxylic acids is 1. The molecule has 1 amide bonds. The van der Waals surface area contributed by atoms with Crippen LogP contribution in [0.1, 0.15) is 65.7 Å². The van der Waals surface area contributed by atoms with Gasteiger partial charge in [-0.05, 0) is 52.4 Å². The van der Waals surface area contributed by atoms with Gasteiger partial charge in [0.15, 0.2) is 0 Å². The first-order valence-electron chi connectivity index (χ1n) is 8.10. The van der Waals surface area contributed by atoms with Gasteiger partial charge >= 0.3 is 6.09 Å². The van der Waals surface area contributed by atoms with Crippen LogP contribution in [0.25, 0.3) is 0 Å². The Labute approximate surface area is 129 Å². The molecule has 1 aliphatic carbocycles. The van der Waals surface area contributed by atoms with E-state index in [4.69, 9.17) is 4.74 Å². The molecule has 122 valence electrons. The molecule has 0 saturated heterocycles. The van der Waals surface area contributed by atoms with Crippen LogP contribution in [0.2, 0.25) is 0 Å². The van der Waals surface area contributed by atoms with Gasteiger partial charge in [0.2, 0.25) is 0 Å². The van der Waals surface area contributed by atoms with Gasteiger partial charge < -0.3 is 15.2 Å². The summed E-state index contributed by atoms with van der Waals surface area (Å²) in [6, 6.07) is -0.0184. The van der Waals surface area contributed by atoms with Crippen LogP contribution in [0.5, 0.6) is 0 Å². The minimum absolute atomic E-state index is 0.0184. The monoisotopic (exact) mass is 297 g/mol. The van der Waals surface area contributed by atoms with Crippen molar-refractivity contribution in [2.45, 2.75) is 83.5 Å². The van der Waals surface area contributed by atoms with Crippen LogP contribution in [0.15, 0.2) is 12.7 Å². The Balaban J connectivity index is 2.61. The number of amides is 1. The SMILES string of the molecule is C=CC[C@H](O)CC(NC(=O)OC(C)(C)C)C1CCCCC1. The van der Waals surface area contributed by atoms with E-state index in [1.165, 1.54) is 19.3 Å². The summed E-state index contributed by atoms with van der Waals surface area (Å²) in [5.74, 6) is 0.436. The Hall–Kier alpha value is -1.03. The molecule has 2 N–H and O–H groups in total. The van der Waals surface area contributed by atoms with Crippen LogP contribution >= 0.6 is 0 Å². The molecule has 0 radical (unpaired) electrons. The number of hydrogen-bond donors (Lipinski definition) is 2. The van der Waals surface area contributed by atoms with Crippen molar-refractivity contribution in [3.05, 3.63) is 12.7 Å². The summed E-state index contributed by atoms with van der Waals surface area (Å²) in [6.45, 7) is 9.23. The van der Waals surface area contributed by atoms with Crippen molar-refractivity contribution < 1.29 is 14.6 Å². The normalized spacial score (nSPS) is 19.6. The number of rotatable bonds is 6. The highest BCUT2D eigenvalue weighted by Gasteiger charge is 2.28. The van der Waals surface area contributed by atoms with E-state index in [1.807, 2.05) is 20.8 Å². The smallest absolute Gasteiger partial charge is 0.407 e. The number of nitrogens with one attached hydrogen (secondary N) is 1. The van der Waals surface area contributed by atoms with Crippen molar-refractivity contribution in [2.75, 3.05) is 0 Å². The van der Waals surface area contributed by atoms with Crippen LogP contribution in [0.3, 0.4) is 0 Å². The zero-order valence-electron chi connectivity index (χ0n) is 13.7. The van der Waals surface area contributed by atoms with Crippen LogP contribution in [-0.2, 0) is 4.74 Å². The largest absolute Gasteiger partial charge is 0.444 e. The maximum Gasteiger partial charge on any atom is 0.407 e. The Morgan fingerprint density at radius 3 is 2.52 bits per heavy atom. The van der Waals surface area contributed by atoms with Crippen molar-refractivity contribution in [1.82, 2.24) is 5.32 Å². The van der Waals surface area contributed by atoms with Crippen molar-refractivity contribution in [3.8, 4) is 0 Å². The third-order valence-corrected chi connectivity index (χ3v) is 3.89. The molecule has 2 atom stereocenters. The van der Waals surface area contributed by atoms with Gasteiger partial charge in [-0.15, -0.1) is 6.58 Å². The van der Waals surface area contributed by atoms with Crippen LogP contribution in [-0.4, -0.2) is 28.9 Å². The van der Waals surface area contributed by atoms with Gasteiger partial charge in [0, 0.05) is 6.04 Å². The van der Waals surface area contributed by atoms with Crippen molar-refractivity contribution in [1.29, 1.82) is 0 Å². The Morgan fingerprint density at radius 2 is 2.00 bits per heavy atom. The highest BCUT2D eigenvalue weighted by Crippen LogP contribution is 2.29. The van der Waals surface area contributed by atoms with E-state index in [2.05, 4.69) is 11.9 Å². The fourth-order valence-corrected chi connectivity index (χ4v) is 2.95. The number of carbonyl (C=O) groups is 1. The highest BCUT2D eigenvalue weighted by atomic mass is 16.6. The standard InChI is InChI=1S/C17H31NO3/c1-5-9-14(19)12-15(13-10-7-6-8-11-13)18-16(20)21-17(2,3)4/h5,13-15,19H,1,6-12H2,2-4H3,(H,18,20)/t14-,15?/m0/s1. The summed E-state index contributed by atoms with van der Waals surface area (Å²) in [5.41, 5.74) is -0.499. The van der Waals surface area contributed by atoms with Gasteiger partial charge in [0.1, 0.15) is 5.60 Å². The predicted molar refractivity (Wildman–Crippen MR) is 85.2 cm³/mol. The van der Waals surface area contributed by atoms with E-state index in [-0.39, 0.29) is 12.1 Å². The molecule has 0 heterocycles. The summed E-state index contributed by atoms with van der Waals surface area (Å²) in [7, 11) is 0. The maximum atomic E-state index is 12.0. The lowest BCUT2D eigenvalue weighted by Crippen LogP contribution is -2.45. The van der Waals surface area contributed by atoms with Crippen molar-refractivity contribution in [3.63, 3.8) is 0 Å². The first-order valence-corrected chi connectivity index (χ1v) is 8.10. The van der Waals surface area contributed by atoms with Crippen LogP contribution < -0.4 is 5.32 Å². The first-order chi connectivity index (χ1) is 9.81. The molecule has 21 heavy (non-hydrogen) atoms. The molecular formula is C17H31NO3. The van der Waals surface area contributed by atoms with Gasteiger partial charge in [0.25, 0.3) is 0 Å². The maximum absolute atomic E-state index is 12.0. The molecule has 1 fully saturated rings. The molecule has 1 rings (SSSR count). The molecule has 1 unspecified atom stereocenters. The number of hydrogen-bond acceptors (Lipinski definition) is 3. The van der Waals surface area contributed by atoms with Crippen molar-refractivity contribution >= 4 is 6.09 Å². The lowest BCUT2D eigenvalue weighted by molar-refractivity contribution is 0.0442. The molecule has 1 saturated carbocycles. The summed E-state index contributed by atoms with van der Waals surface area (Å²) in [5, 5.41) is 13.0. The number of aliphatic hydroxyl groups is 1. The fourth-order valence-electron chi connectivity index (χ4n) is 2.95. The van der Waals surface area contributed by atoms with Crippen LogP contribution in [0.4, 0.5) is 4.79 Å². The lowest BCUT2D eigenvalue weighted by Gasteiger charge is -2.33. The van der Waals surface area contributed by atoms with Gasteiger partial charge in [0.05, 0.1) is 6.10 Å². The molecule has 0 spiro atoms. The molecule has 0 aliphatic heterocycles. The van der Waals surface area contributed by atoms with Crippen molar-refractivity contribution in [2.24, 2.45) is 5.92 Å². The first kappa shape index (κ1) is 18.0. The quantitative estimate of drug-likeness (QED) is 0.733. The summed E-state index contributed by atoms with van der Waals surface area (Å²) in [4.78, 5) is 12.0. The highest BCUT2D eigenvalue weighted by molar-refractivity contribution is 5.68. The lowest BCUT2D eigenvalue weighted by atomic mass is 9.81.